The number of benzene rings is 1. The van der Waals surface area contributed by atoms with E-state index in [4.69, 9.17) is 0 Å². The average Bonchev–Trinajstić information content (AvgIpc) is 3.14. The maximum absolute atomic E-state index is 12.7. The lowest BCUT2D eigenvalue weighted by atomic mass is 10.1. The number of nitrogens with zero attached hydrogens (tertiary/aromatic N) is 2. The molecule has 0 radical (unpaired) electrons. The number of amides is 1. The molecule has 4 rings (SSSR count). The minimum absolute atomic E-state index is 0. The molecule has 136 valence electrons. The van der Waals surface area contributed by atoms with Crippen molar-refractivity contribution in [2.24, 2.45) is 0 Å². The lowest BCUT2D eigenvalue weighted by Gasteiger charge is -2.23. The van der Waals surface area contributed by atoms with Crippen molar-refractivity contribution in [1.29, 1.82) is 0 Å². The number of rotatable bonds is 3. The van der Waals surface area contributed by atoms with Gasteiger partial charge in [0.05, 0.1) is 5.01 Å². The van der Waals surface area contributed by atoms with Crippen molar-refractivity contribution < 1.29 is 4.79 Å². The van der Waals surface area contributed by atoms with Crippen LogP contribution in [0.3, 0.4) is 0 Å². The van der Waals surface area contributed by atoms with Gasteiger partial charge in [-0.1, -0.05) is 30.3 Å². The van der Waals surface area contributed by atoms with Crippen LogP contribution in [0.1, 0.15) is 40.3 Å². The number of carbonyl (C=O) groups is 1. The monoisotopic (exact) mass is 399 g/mol. The number of hydrogen-bond donors (Lipinski definition) is 1. The zero-order valence-electron chi connectivity index (χ0n) is 13.9. The number of aromatic nitrogens is 1. The van der Waals surface area contributed by atoms with E-state index >= 15 is 0 Å². The highest BCUT2D eigenvalue weighted by Gasteiger charge is 2.32. The number of thiazole rings is 1. The molecule has 1 N–H and O–H groups in total. The van der Waals surface area contributed by atoms with Gasteiger partial charge in [-0.2, -0.15) is 0 Å². The standard InChI is InChI=1S/C18H21N3OS.2ClH/c22-18(21-9-8-14-6-7-15(11-21)19-14)16-12-23-17(20-16)10-13-4-2-1-3-5-13;;/h1-5,12,14-15,19H,6-11H2;2*1H. The summed E-state index contributed by atoms with van der Waals surface area (Å²) in [6.45, 7) is 1.67. The highest BCUT2D eigenvalue weighted by Crippen LogP contribution is 2.22. The van der Waals surface area contributed by atoms with Crippen LogP contribution >= 0.6 is 36.2 Å². The van der Waals surface area contributed by atoms with E-state index in [2.05, 4.69) is 22.4 Å². The highest BCUT2D eigenvalue weighted by molar-refractivity contribution is 7.09. The zero-order valence-corrected chi connectivity index (χ0v) is 16.3. The number of nitrogens with one attached hydrogen (secondary N) is 1. The molecule has 1 amide bonds. The molecular formula is C18H23Cl2N3OS. The molecule has 3 heterocycles. The predicted molar refractivity (Wildman–Crippen MR) is 106 cm³/mol. The second-order valence-electron chi connectivity index (χ2n) is 6.47. The van der Waals surface area contributed by atoms with E-state index in [1.54, 1.807) is 11.3 Å². The Hall–Kier alpha value is -1.14. The quantitative estimate of drug-likeness (QED) is 0.857. The first-order valence-corrected chi connectivity index (χ1v) is 9.19. The summed E-state index contributed by atoms with van der Waals surface area (Å²) < 4.78 is 0. The molecule has 1 aromatic carbocycles. The van der Waals surface area contributed by atoms with Crippen molar-refractivity contribution in [2.75, 3.05) is 13.1 Å². The highest BCUT2D eigenvalue weighted by atomic mass is 35.5. The smallest absolute Gasteiger partial charge is 0.273 e. The van der Waals surface area contributed by atoms with Gasteiger partial charge in [0.25, 0.3) is 5.91 Å². The Morgan fingerprint density at radius 3 is 2.72 bits per heavy atom. The summed E-state index contributed by atoms with van der Waals surface area (Å²) in [4.78, 5) is 19.3. The van der Waals surface area contributed by atoms with Crippen LogP contribution in [-0.2, 0) is 6.42 Å². The molecule has 2 aliphatic heterocycles. The topological polar surface area (TPSA) is 45.2 Å². The van der Waals surface area contributed by atoms with Gasteiger partial charge in [-0.05, 0) is 24.8 Å². The maximum atomic E-state index is 12.7. The van der Waals surface area contributed by atoms with Crippen LogP contribution in [0.5, 0.6) is 0 Å². The van der Waals surface area contributed by atoms with Crippen molar-refractivity contribution in [2.45, 2.75) is 37.8 Å². The molecule has 2 fully saturated rings. The van der Waals surface area contributed by atoms with Gasteiger partial charge in [0.15, 0.2) is 0 Å². The van der Waals surface area contributed by atoms with Crippen LogP contribution in [-0.4, -0.2) is 41.0 Å². The fourth-order valence-electron chi connectivity index (χ4n) is 3.55. The fraction of sp³-hybridized carbons (Fsp3) is 0.444. The second kappa shape index (κ2) is 8.99. The summed E-state index contributed by atoms with van der Waals surface area (Å²) in [6.07, 6.45) is 4.30. The molecule has 2 aromatic rings. The first-order chi connectivity index (χ1) is 11.3. The summed E-state index contributed by atoms with van der Waals surface area (Å²) in [7, 11) is 0. The van der Waals surface area contributed by atoms with Gasteiger partial charge in [0, 0.05) is 37.0 Å². The molecule has 4 nitrogen and oxygen atoms in total. The molecule has 2 unspecified atom stereocenters. The third-order valence-corrected chi connectivity index (χ3v) is 5.63. The van der Waals surface area contributed by atoms with Gasteiger partial charge in [-0.25, -0.2) is 4.98 Å². The SMILES string of the molecule is Cl.Cl.O=C(c1csc(Cc2ccccc2)n1)N1CCC2CCC(C1)N2. The van der Waals surface area contributed by atoms with E-state index in [-0.39, 0.29) is 30.7 Å². The summed E-state index contributed by atoms with van der Waals surface area (Å²) in [6, 6.07) is 11.3. The molecule has 2 aliphatic rings. The first-order valence-electron chi connectivity index (χ1n) is 8.31. The molecule has 7 heteroatoms. The predicted octanol–water partition coefficient (Wildman–Crippen LogP) is 3.54. The third kappa shape index (κ3) is 4.73. The Balaban J connectivity index is 0.00000113. The van der Waals surface area contributed by atoms with E-state index in [1.807, 2.05) is 28.5 Å². The molecule has 0 spiro atoms. The van der Waals surface area contributed by atoms with Gasteiger partial charge in [-0.15, -0.1) is 36.2 Å². The van der Waals surface area contributed by atoms with Crippen LogP contribution < -0.4 is 5.32 Å². The number of fused-ring (bicyclic) bond motifs is 2. The molecular weight excluding hydrogens is 377 g/mol. The van der Waals surface area contributed by atoms with Crippen molar-refractivity contribution in [1.82, 2.24) is 15.2 Å². The summed E-state index contributed by atoms with van der Waals surface area (Å²) in [5, 5.41) is 6.54. The molecule has 2 atom stereocenters. The number of carbonyl (C=O) groups excluding carboxylic acids is 1. The average molecular weight is 400 g/mol. The van der Waals surface area contributed by atoms with Crippen LogP contribution in [0.15, 0.2) is 35.7 Å². The van der Waals surface area contributed by atoms with Crippen molar-refractivity contribution in [3.63, 3.8) is 0 Å². The van der Waals surface area contributed by atoms with Crippen LogP contribution in [0.4, 0.5) is 0 Å². The lowest BCUT2D eigenvalue weighted by molar-refractivity contribution is 0.0743. The summed E-state index contributed by atoms with van der Waals surface area (Å²) in [5.74, 6) is 0.0925. The van der Waals surface area contributed by atoms with E-state index < -0.39 is 0 Å². The lowest BCUT2D eigenvalue weighted by Crippen LogP contribution is -2.39. The van der Waals surface area contributed by atoms with E-state index in [1.165, 1.54) is 18.4 Å². The van der Waals surface area contributed by atoms with E-state index in [0.717, 1.165) is 30.9 Å². The van der Waals surface area contributed by atoms with Crippen LogP contribution in [0.2, 0.25) is 0 Å². The number of halogens is 2. The van der Waals surface area contributed by atoms with Gasteiger partial charge < -0.3 is 10.2 Å². The van der Waals surface area contributed by atoms with Crippen molar-refractivity contribution in [3.8, 4) is 0 Å². The summed E-state index contributed by atoms with van der Waals surface area (Å²) >= 11 is 1.58. The van der Waals surface area contributed by atoms with Gasteiger partial charge in [-0.3, -0.25) is 4.79 Å². The molecule has 2 bridgehead atoms. The Kier molecular flexibility index (Phi) is 7.25. The van der Waals surface area contributed by atoms with Gasteiger partial charge in [0.2, 0.25) is 0 Å². The molecule has 0 saturated carbocycles. The number of hydrogen-bond acceptors (Lipinski definition) is 4. The third-order valence-electron chi connectivity index (χ3n) is 4.78. The van der Waals surface area contributed by atoms with Gasteiger partial charge >= 0.3 is 0 Å². The molecule has 0 aliphatic carbocycles. The van der Waals surface area contributed by atoms with Crippen molar-refractivity contribution in [3.05, 3.63) is 52.0 Å². The minimum atomic E-state index is 0. The normalized spacial score (nSPS) is 21.8. The molecule has 2 saturated heterocycles. The first kappa shape index (κ1) is 20.2. The molecule has 25 heavy (non-hydrogen) atoms. The van der Waals surface area contributed by atoms with Gasteiger partial charge in [0.1, 0.15) is 5.69 Å². The Labute approximate surface area is 164 Å². The minimum Gasteiger partial charge on any atom is -0.336 e. The van der Waals surface area contributed by atoms with Crippen LogP contribution in [0, 0.1) is 0 Å². The molecule has 1 aromatic heterocycles. The number of likely N-dealkylation sites (tertiary alicyclic amines) is 1. The summed E-state index contributed by atoms with van der Waals surface area (Å²) in [5.41, 5.74) is 1.84. The maximum Gasteiger partial charge on any atom is 0.273 e. The van der Waals surface area contributed by atoms with E-state index in [0.29, 0.717) is 17.8 Å². The fourth-order valence-corrected chi connectivity index (χ4v) is 4.35. The Bertz CT molecular complexity index is 695. The zero-order chi connectivity index (χ0) is 15.6. The largest absolute Gasteiger partial charge is 0.336 e. The van der Waals surface area contributed by atoms with Crippen LogP contribution in [0.25, 0.3) is 0 Å². The Morgan fingerprint density at radius 1 is 1.16 bits per heavy atom. The van der Waals surface area contributed by atoms with Crippen molar-refractivity contribution >= 4 is 42.1 Å². The Morgan fingerprint density at radius 2 is 1.92 bits per heavy atom. The van der Waals surface area contributed by atoms with E-state index in [9.17, 15) is 4.79 Å². The second-order valence-corrected chi connectivity index (χ2v) is 7.41.